The molecular formula is C15H25BrIN3O2. The third kappa shape index (κ3) is 8.19. The van der Waals surface area contributed by atoms with Crippen LogP contribution in [0, 0.1) is 0 Å². The molecule has 0 saturated heterocycles. The first-order valence-electron chi connectivity index (χ1n) is 7.04. The highest BCUT2D eigenvalue weighted by atomic mass is 127. The highest BCUT2D eigenvalue weighted by molar-refractivity contribution is 14.0. The summed E-state index contributed by atoms with van der Waals surface area (Å²) in [5, 5.41) is 6.51. The van der Waals surface area contributed by atoms with Gasteiger partial charge in [-0.2, -0.15) is 0 Å². The molecule has 0 aliphatic rings. The van der Waals surface area contributed by atoms with Gasteiger partial charge >= 0.3 is 0 Å². The minimum atomic E-state index is 0. The van der Waals surface area contributed by atoms with Crippen LogP contribution in [0.2, 0.25) is 0 Å². The van der Waals surface area contributed by atoms with Crippen molar-refractivity contribution in [3.05, 3.63) is 28.2 Å². The summed E-state index contributed by atoms with van der Waals surface area (Å²) in [6, 6.07) is 5.98. The maximum atomic E-state index is 5.22. The number of nitrogens with one attached hydrogen (secondary N) is 2. The van der Waals surface area contributed by atoms with E-state index in [1.165, 1.54) is 0 Å². The highest BCUT2D eigenvalue weighted by Crippen LogP contribution is 2.25. The number of hydrogen-bond acceptors (Lipinski definition) is 3. The van der Waals surface area contributed by atoms with Crippen molar-refractivity contribution in [2.24, 2.45) is 4.99 Å². The van der Waals surface area contributed by atoms with Crippen LogP contribution in [0.3, 0.4) is 0 Å². The standard InChI is InChI=1S/C15H24BrN3O2.HI/c1-4-17-15(18-8-5-9-20-2)19-11-12-6-7-14(21-3)13(16)10-12;/h6-7,10H,4-5,8-9,11H2,1-3H3,(H2,17,18,19);1H. The molecule has 5 nitrogen and oxygen atoms in total. The highest BCUT2D eigenvalue weighted by Gasteiger charge is 2.02. The van der Waals surface area contributed by atoms with E-state index in [0.717, 1.165) is 47.9 Å². The quantitative estimate of drug-likeness (QED) is 0.257. The molecule has 0 bridgehead atoms. The molecule has 0 amide bonds. The molecular weight excluding hydrogens is 461 g/mol. The fraction of sp³-hybridized carbons (Fsp3) is 0.533. The van der Waals surface area contributed by atoms with Crippen LogP contribution in [0.5, 0.6) is 5.75 Å². The van der Waals surface area contributed by atoms with Gasteiger partial charge in [-0.25, -0.2) is 4.99 Å². The first-order chi connectivity index (χ1) is 10.2. The van der Waals surface area contributed by atoms with Gasteiger partial charge in [0.15, 0.2) is 5.96 Å². The van der Waals surface area contributed by atoms with Crippen LogP contribution >= 0.6 is 39.9 Å². The van der Waals surface area contributed by atoms with E-state index in [4.69, 9.17) is 9.47 Å². The molecule has 2 N–H and O–H groups in total. The minimum Gasteiger partial charge on any atom is -0.496 e. The van der Waals surface area contributed by atoms with E-state index in [1.54, 1.807) is 14.2 Å². The van der Waals surface area contributed by atoms with Gasteiger partial charge in [0.25, 0.3) is 0 Å². The fourth-order valence-electron chi connectivity index (χ4n) is 1.74. The van der Waals surface area contributed by atoms with E-state index >= 15 is 0 Å². The van der Waals surface area contributed by atoms with E-state index in [2.05, 4.69) is 38.5 Å². The third-order valence-electron chi connectivity index (χ3n) is 2.80. The number of aliphatic imine (C=N–C) groups is 1. The number of ether oxygens (including phenoxy) is 2. The lowest BCUT2D eigenvalue weighted by molar-refractivity contribution is 0.195. The van der Waals surface area contributed by atoms with Gasteiger partial charge in [0.2, 0.25) is 0 Å². The van der Waals surface area contributed by atoms with Crippen molar-refractivity contribution in [3.63, 3.8) is 0 Å². The van der Waals surface area contributed by atoms with E-state index in [1.807, 2.05) is 18.2 Å². The molecule has 0 atom stereocenters. The SMILES string of the molecule is CCNC(=NCc1ccc(OC)c(Br)c1)NCCCOC.I. The first kappa shape index (κ1) is 21.5. The Balaban J connectivity index is 0.00000441. The number of guanidine groups is 1. The van der Waals surface area contributed by atoms with E-state index in [-0.39, 0.29) is 24.0 Å². The molecule has 0 aliphatic heterocycles. The molecule has 0 saturated carbocycles. The molecule has 0 unspecified atom stereocenters. The van der Waals surface area contributed by atoms with Crippen LogP contribution in [0.25, 0.3) is 0 Å². The number of nitrogens with zero attached hydrogens (tertiary/aromatic N) is 1. The van der Waals surface area contributed by atoms with Gasteiger partial charge in [-0.3, -0.25) is 0 Å². The molecule has 0 radical (unpaired) electrons. The lowest BCUT2D eigenvalue weighted by atomic mass is 10.2. The van der Waals surface area contributed by atoms with E-state index in [0.29, 0.717) is 6.54 Å². The Morgan fingerprint density at radius 3 is 2.64 bits per heavy atom. The average molecular weight is 486 g/mol. The van der Waals surface area contributed by atoms with Crippen molar-refractivity contribution in [2.75, 3.05) is 33.9 Å². The second-order valence-electron chi connectivity index (χ2n) is 4.44. The molecule has 0 spiro atoms. The van der Waals surface area contributed by atoms with Gasteiger partial charge in [0, 0.05) is 26.8 Å². The average Bonchev–Trinajstić information content (AvgIpc) is 2.49. The lowest BCUT2D eigenvalue weighted by Gasteiger charge is -2.11. The van der Waals surface area contributed by atoms with Gasteiger partial charge in [-0.15, -0.1) is 24.0 Å². The van der Waals surface area contributed by atoms with E-state index < -0.39 is 0 Å². The van der Waals surface area contributed by atoms with Gasteiger partial charge in [-0.1, -0.05) is 6.07 Å². The minimum absolute atomic E-state index is 0. The largest absolute Gasteiger partial charge is 0.496 e. The Labute approximate surface area is 158 Å². The molecule has 0 fully saturated rings. The van der Waals surface area contributed by atoms with Crippen LogP contribution in [-0.2, 0) is 11.3 Å². The van der Waals surface area contributed by atoms with Crippen LogP contribution in [0.1, 0.15) is 18.9 Å². The summed E-state index contributed by atoms with van der Waals surface area (Å²) in [5.41, 5.74) is 1.12. The van der Waals surface area contributed by atoms with Crippen molar-refractivity contribution >= 4 is 45.9 Å². The zero-order chi connectivity index (χ0) is 15.5. The normalized spacial score (nSPS) is 10.8. The van der Waals surface area contributed by atoms with Gasteiger partial charge in [-0.05, 0) is 47.0 Å². The number of rotatable bonds is 8. The van der Waals surface area contributed by atoms with Crippen molar-refractivity contribution in [1.82, 2.24) is 10.6 Å². The molecule has 1 aromatic rings. The topological polar surface area (TPSA) is 54.9 Å². The molecule has 126 valence electrons. The maximum Gasteiger partial charge on any atom is 0.191 e. The summed E-state index contributed by atoms with van der Waals surface area (Å²) in [7, 11) is 3.37. The van der Waals surface area contributed by atoms with Gasteiger partial charge in [0.05, 0.1) is 18.1 Å². The smallest absolute Gasteiger partial charge is 0.191 e. The van der Waals surface area contributed by atoms with Crippen molar-refractivity contribution < 1.29 is 9.47 Å². The Morgan fingerprint density at radius 1 is 1.27 bits per heavy atom. The molecule has 0 heterocycles. The molecule has 1 rings (SSSR count). The van der Waals surface area contributed by atoms with Crippen molar-refractivity contribution in [3.8, 4) is 5.75 Å². The number of halogens is 2. The maximum absolute atomic E-state index is 5.22. The predicted octanol–water partition coefficient (Wildman–Crippen LogP) is 3.17. The first-order valence-corrected chi connectivity index (χ1v) is 7.84. The molecule has 0 aromatic heterocycles. The summed E-state index contributed by atoms with van der Waals surface area (Å²) in [6.45, 7) is 5.09. The third-order valence-corrected chi connectivity index (χ3v) is 3.42. The fourth-order valence-corrected chi connectivity index (χ4v) is 2.33. The number of benzene rings is 1. The van der Waals surface area contributed by atoms with Gasteiger partial charge in [0.1, 0.15) is 5.75 Å². The van der Waals surface area contributed by atoms with Crippen molar-refractivity contribution in [1.29, 1.82) is 0 Å². The van der Waals surface area contributed by atoms with Crippen molar-refractivity contribution in [2.45, 2.75) is 19.9 Å². The van der Waals surface area contributed by atoms with Gasteiger partial charge < -0.3 is 20.1 Å². The second-order valence-corrected chi connectivity index (χ2v) is 5.29. The second kappa shape index (κ2) is 13.0. The van der Waals surface area contributed by atoms with Crippen LogP contribution in [-0.4, -0.2) is 39.9 Å². The summed E-state index contributed by atoms with van der Waals surface area (Å²) in [6.07, 6.45) is 0.953. The summed E-state index contributed by atoms with van der Waals surface area (Å²) < 4.78 is 11.2. The Hall–Kier alpha value is -0.540. The van der Waals surface area contributed by atoms with E-state index in [9.17, 15) is 0 Å². The zero-order valence-corrected chi connectivity index (χ0v) is 17.2. The van der Waals surface area contributed by atoms with Crippen LogP contribution in [0.15, 0.2) is 27.7 Å². The number of methoxy groups -OCH3 is 2. The summed E-state index contributed by atoms with van der Waals surface area (Å²) in [4.78, 5) is 4.57. The molecule has 0 aliphatic carbocycles. The molecule has 7 heteroatoms. The Kier molecular flexibility index (Phi) is 12.6. The predicted molar refractivity (Wildman–Crippen MR) is 105 cm³/mol. The molecule has 1 aromatic carbocycles. The Bertz CT molecular complexity index is 458. The van der Waals surface area contributed by atoms with Crippen LogP contribution in [0.4, 0.5) is 0 Å². The van der Waals surface area contributed by atoms with Crippen LogP contribution < -0.4 is 15.4 Å². The zero-order valence-electron chi connectivity index (χ0n) is 13.3. The summed E-state index contributed by atoms with van der Waals surface area (Å²) >= 11 is 3.49. The Morgan fingerprint density at radius 2 is 2.05 bits per heavy atom. The molecule has 22 heavy (non-hydrogen) atoms. The lowest BCUT2D eigenvalue weighted by Crippen LogP contribution is -2.38. The number of hydrogen-bond donors (Lipinski definition) is 2. The summed E-state index contributed by atoms with van der Waals surface area (Å²) in [5.74, 6) is 1.65. The monoisotopic (exact) mass is 485 g/mol.